The number of ether oxygens (including phenoxy) is 1. The van der Waals surface area contributed by atoms with Crippen molar-refractivity contribution in [1.82, 2.24) is 9.55 Å². The molecule has 328 valence electrons. The van der Waals surface area contributed by atoms with Crippen LogP contribution in [0.5, 0.6) is 11.5 Å². The van der Waals surface area contributed by atoms with Crippen molar-refractivity contribution in [3.63, 3.8) is 0 Å². The van der Waals surface area contributed by atoms with E-state index in [-0.39, 0.29) is 23.7 Å². The van der Waals surface area contributed by atoms with Crippen LogP contribution in [0.4, 0.5) is 22.7 Å². The lowest BCUT2D eigenvalue weighted by Crippen LogP contribution is -2.25. The molecule has 1 aliphatic rings. The van der Waals surface area contributed by atoms with Crippen molar-refractivity contribution < 1.29 is 8.85 Å². The number of hydrogen-bond donors (Lipinski definition) is 0. The smallest absolute Gasteiger partial charge is 0.137 e. The second-order valence-corrected chi connectivity index (χ2v) is 19.5. The molecule has 11 rings (SSSR count). The maximum absolute atomic E-state index is 9.38. The highest BCUT2D eigenvalue weighted by atomic mass is 16.5. The van der Waals surface area contributed by atoms with Crippen LogP contribution in [0, 0.1) is 0 Å². The van der Waals surface area contributed by atoms with Crippen molar-refractivity contribution in [1.29, 1.82) is 0 Å². The minimum Gasteiger partial charge on any atom is -0.457 e. The van der Waals surface area contributed by atoms with Gasteiger partial charge in [0.2, 0.25) is 0 Å². The predicted molar refractivity (Wildman–Crippen MR) is 281 cm³/mol. The molecule has 67 heavy (non-hydrogen) atoms. The van der Waals surface area contributed by atoms with Gasteiger partial charge < -0.3 is 14.5 Å². The molecule has 5 nitrogen and oxygen atoms in total. The van der Waals surface area contributed by atoms with Crippen LogP contribution in [-0.2, 0) is 10.8 Å². The summed E-state index contributed by atoms with van der Waals surface area (Å²) < 4.78 is 35.5. The van der Waals surface area contributed by atoms with Crippen molar-refractivity contribution >= 4 is 44.6 Å². The molecule has 0 bridgehead atoms. The molecule has 0 saturated heterocycles. The van der Waals surface area contributed by atoms with E-state index >= 15 is 0 Å². The third kappa shape index (κ3) is 7.80. The van der Waals surface area contributed by atoms with Crippen LogP contribution in [0.2, 0.25) is 0 Å². The summed E-state index contributed by atoms with van der Waals surface area (Å²) >= 11 is 0. The Balaban J connectivity index is 1.00. The largest absolute Gasteiger partial charge is 0.457 e. The zero-order valence-corrected chi connectivity index (χ0v) is 38.8. The topological polar surface area (TPSA) is 33.5 Å². The first kappa shape index (κ1) is 38.4. The van der Waals surface area contributed by atoms with Gasteiger partial charge in [-0.15, -0.1) is 0 Å². The molecule has 0 radical (unpaired) electrons. The number of anilines is 4. The third-order valence-electron chi connectivity index (χ3n) is 12.9. The first-order chi connectivity index (χ1) is 33.7. The first-order valence-electron chi connectivity index (χ1n) is 24.6. The van der Waals surface area contributed by atoms with Crippen LogP contribution < -0.4 is 14.5 Å². The molecule has 8 aromatic carbocycles. The fourth-order valence-corrected chi connectivity index (χ4v) is 9.44. The quantitative estimate of drug-likeness (QED) is 0.152. The van der Waals surface area contributed by atoms with Gasteiger partial charge in [-0.3, -0.25) is 4.57 Å². The Morgan fingerprint density at radius 2 is 1.10 bits per heavy atom. The molecule has 1 aliphatic heterocycles. The summed E-state index contributed by atoms with van der Waals surface area (Å²) in [5.41, 5.74) is 14.1. The van der Waals surface area contributed by atoms with Gasteiger partial charge in [0.05, 0.1) is 32.2 Å². The van der Waals surface area contributed by atoms with Gasteiger partial charge in [0.1, 0.15) is 24.0 Å². The number of hydrogen-bond acceptors (Lipinski definition) is 4. The maximum atomic E-state index is 9.38. The zero-order chi connectivity index (χ0) is 48.5. The predicted octanol–water partition coefficient (Wildman–Crippen LogP) is 16.8. The van der Waals surface area contributed by atoms with Crippen LogP contribution in [0.25, 0.3) is 61.0 Å². The highest BCUT2D eigenvalue weighted by Gasteiger charge is 2.32. The van der Waals surface area contributed by atoms with E-state index in [1.165, 1.54) is 22.3 Å². The Bertz CT molecular complexity index is 3630. The van der Waals surface area contributed by atoms with Gasteiger partial charge in [-0.05, 0) is 105 Å². The molecule has 0 saturated carbocycles. The van der Waals surface area contributed by atoms with Crippen molar-refractivity contribution in [2.24, 2.45) is 0 Å². The van der Waals surface area contributed by atoms with E-state index in [2.05, 4.69) is 181 Å². The van der Waals surface area contributed by atoms with Crippen LogP contribution in [0.15, 0.2) is 206 Å². The van der Waals surface area contributed by atoms with Gasteiger partial charge in [-0.1, -0.05) is 169 Å². The number of nitrogens with zero attached hydrogens (tertiary/aromatic N) is 4. The Morgan fingerprint density at radius 1 is 0.493 bits per heavy atom. The van der Waals surface area contributed by atoms with E-state index in [1.54, 1.807) is 0 Å². The van der Waals surface area contributed by atoms with Crippen molar-refractivity contribution in [3.05, 3.63) is 217 Å². The Hall–Kier alpha value is -7.89. The van der Waals surface area contributed by atoms with Crippen LogP contribution in [0.3, 0.4) is 0 Å². The van der Waals surface area contributed by atoms with Gasteiger partial charge in [-0.25, -0.2) is 4.98 Å². The highest BCUT2D eigenvalue weighted by molar-refractivity contribution is 6.09. The average Bonchev–Trinajstić information content (AvgIpc) is 3.90. The minimum atomic E-state index is -0.537. The molecule has 10 aromatic rings. The number of fused-ring (bicyclic) bond motifs is 4. The summed E-state index contributed by atoms with van der Waals surface area (Å²) in [5.74, 6) is 1.62. The summed E-state index contributed by atoms with van der Waals surface area (Å²) in [5, 5.41) is 1.97. The lowest BCUT2D eigenvalue weighted by Gasteiger charge is -2.28. The lowest BCUT2D eigenvalue weighted by atomic mass is 9.82. The van der Waals surface area contributed by atoms with Crippen LogP contribution >= 0.6 is 0 Å². The van der Waals surface area contributed by atoms with Gasteiger partial charge in [0.15, 0.2) is 0 Å². The Kier molecular flexibility index (Phi) is 9.46. The summed E-state index contributed by atoms with van der Waals surface area (Å²) in [6.07, 6.45) is -0.153. The lowest BCUT2D eigenvalue weighted by molar-refractivity contribution is 0.483. The number of benzene rings is 8. The third-order valence-corrected chi connectivity index (χ3v) is 12.9. The molecule has 0 amide bonds. The molecule has 0 spiro atoms. The monoisotopic (exact) mass is 873 g/mol. The fraction of sp³-hybridized carbons (Fsp3) is 0.145. The number of rotatable bonds is 8. The first-order valence-corrected chi connectivity index (χ1v) is 23.1. The summed E-state index contributed by atoms with van der Waals surface area (Å²) in [6, 6.07) is 66.3. The molecule has 0 N–H and O–H groups in total. The minimum absolute atomic E-state index is 0.0150. The molecular weight excluding hydrogens is 817 g/mol. The van der Waals surface area contributed by atoms with E-state index in [1.807, 2.05) is 67.8 Å². The Labute approximate surface area is 398 Å². The highest BCUT2D eigenvalue weighted by Crippen LogP contribution is 2.51. The van der Waals surface area contributed by atoms with Gasteiger partial charge in [-0.2, -0.15) is 0 Å². The molecule has 0 unspecified atom stereocenters. The van der Waals surface area contributed by atoms with E-state index < -0.39 is 5.41 Å². The van der Waals surface area contributed by atoms with Crippen molar-refractivity contribution in [2.45, 2.75) is 52.4 Å². The van der Waals surface area contributed by atoms with E-state index in [4.69, 9.17) is 7.48 Å². The van der Waals surface area contributed by atoms with E-state index in [9.17, 15) is 1.37 Å². The number of pyridine rings is 1. The number of para-hydroxylation sites is 4. The van der Waals surface area contributed by atoms with Gasteiger partial charge in [0, 0.05) is 45.9 Å². The van der Waals surface area contributed by atoms with Crippen LogP contribution in [-0.4, -0.2) is 16.2 Å². The second kappa shape index (κ2) is 16.5. The van der Waals surface area contributed by atoms with Gasteiger partial charge >= 0.3 is 0 Å². The van der Waals surface area contributed by atoms with Crippen molar-refractivity contribution in [3.8, 4) is 50.7 Å². The zero-order valence-electron chi connectivity index (χ0n) is 41.8. The van der Waals surface area contributed by atoms with E-state index in [0.717, 1.165) is 61.2 Å². The average molecular weight is 874 g/mol. The molecular formula is C62H54N4O. The molecule has 0 atom stereocenters. The van der Waals surface area contributed by atoms with Gasteiger partial charge in [0.25, 0.3) is 0 Å². The molecule has 0 fully saturated rings. The molecule has 0 aliphatic carbocycles. The summed E-state index contributed by atoms with van der Waals surface area (Å²) in [6.45, 7) is 13.3. The molecule has 2 aromatic heterocycles. The summed E-state index contributed by atoms with van der Waals surface area (Å²) in [7, 11) is 0. The van der Waals surface area contributed by atoms with Crippen LogP contribution in [0.1, 0.15) is 56.8 Å². The maximum Gasteiger partial charge on any atom is 0.137 e. The molecule has 3 heterocycles. The SMILES string of the molecule is [2H]c1nc(-n2c3ccccc3c3ccc(Oc4cccc(N5CN(c6c(-c7ccccc7)cccc6-c6cc(-c7ccccc7)cc(C(C)(C)C)c6)c6ccccc65)c4)cc32)c([2H])c(C(C)(C)C)c1[2H]. The second-order valence-electron chi connectivity index (χ2n) is 19.5. The number of aromatic nitrogens is 2. The molecule has 5 heteroatoms. The normalized spacial score (nSPS) is 13.4. The Morgan fingerprint density at radius 3 is 1.85 bits per heavy atom. The van der Waals surface area contributed by atoms with Crippen molar-refractivity contribution in [2.75, 3.05) is 16.5 Å². The standard InChI is InChI=1S/C62H54N4O/c1-61(2,3)46-33-34-63-59(38-46)66-55-28-14-13-25-53(55)54-32-31-50(40-58(54)66)67-49-24-17-23-48(39-49)64-41-65(57-30-16-15-29-56(57)64)60-51(43-21-11-8-12-22-43)26-18-27-52(60)45-35-44(42-19-9-7-10-20-42)36-47(37-45)62(4,5)6/h7-40H,41H2,1-6H3/i33D,34D,38D. The summed E-state index contributed by atoms with van der Waals surface area (Å²) in [4.78, 5) is 9.41. The fourth-order valence-electron chi connectivity index (χ4n) is 9.44. The van der Waals surface area contributed by atoms with E-state index in [0.29, 0.717) is 29.5 Å².